The maximum Gasteiger partial charge on any atom is 0.165 e. The van der Waals surface area contributed by atoms with E-state index in [0.29, 0.717) is 5.56 Å². The number of benzene rings is 1. The Labute approximate surface area is 98.2 Å². The van der Waals surface area contributed by atoms with Crippen LogP contribution >= 0.6 is 15.9 Å². The van der Waals surface area contributed by atoms with Crippen molar-refractivity contribution in [3.8, 4) is 0 Å². The van der Waals surface area contributed by atoms with Crippen molar-refractivity contribution in [1.82, 2.24) is 0 Å². The van der Waals surface area contributed by atoms with Crippen molar-refractivity contribution >= 4 is 25.8 Å². The highest BCUT2D eigenvalue weighted by Crippen LogP contribution is 2.26. The van der Waals surface area contributed by atoms with E-state index in [4.69, 9.17) is 0 Å². The van der Waals surface area contributed by atoms with Gasteiger partial charge in [0.05, 0.1) is 0 Å². The predicted octanol–water partition coefficient (Wildman–Crippen LogP) is 1.88. The van der Waals surface area contributed by atoms with E-state index in [1.807, 2.05) is 6.07 Å². The number of halogens is 1. The minimum absolute atomic E-state index is 0.00676. The van der Waals surface area contributed by atoms with E-state index in [9.17, 15) is 13.5 Å². The monoisotopic (exact) mass is 292 g/mol. The molecular formula is C10H13BrO3S. The lowest BCUT2D eigenvalue weighted by Crippen LogP contribution is -2.24. The van der Waals surface area contributed by atoms with E-state index in [0.717, 1.165) is 0 Å². The second-order valence-electron chi connectivity index (χ2n) is 3.16. The smallest absolute Gasteiger partial charge is 0.165 e. The molecule has 15 heavy (non-hydrogen) atoms. The van der Waals surface area contributed by atoms with Crippen molar-refractivity contribution in [3.63, 3.8) is 0 Å². The number of aliphatic hydroxyl groups is 1. The molecule has 84 valence electrons. The molecule has 1 aromatic carbocycles. The van der Waals surface area contributed by atoms with Crippen molar-refractivity contribution in [2.24, 2.45) is 0 Å². The molecule has 0 bridgehead atoms. The van der Waals surface area contributed by atoms with Gasteiger partial charge in [0.15, 0.2) is 9.84 Å². The molecule has 0 radical (unpaired) electrons. The van der Waals surface area contributed by atoms with Crippen molar-refractivity contribution in [3.05, 3.63) is 35.9 Å². The van der Waals surface area contributed by atoms with Gasteiger partial charge in [-0.15, -0.1) is 0 Å². The molecule has 1 aromatic rings. The van der Waals surface area contributed by atoms with Crippen LogP contribution in [0, 0.1) is 0 Å². The van der Waals surface area contributed by atoms with E-state index in [2.05, 4.69) is 15.9 Å². The van der Waals surface area contributed by atoms with Gasteiger partial charge in [0, 0.05) is 5.75 Å². The van der Waals surface area contributed by atoms with Crippen LogP contribution in [0.3, 0.4) is 0 Å². The fourth-order valence-electron chi connectivity index (χ4n) is 1.16. The van der Waals surface area contributed by atoms with Gasteiger partial charge < -0.3 is 5.11 Å². The standard InChI is InChI=1S/C10H13BrO3S/c1-2-15(13,14)10(11)9(12)8-6-4-3-5-7-8/h3-7,9-10,12H,2H2,1H3/t9-,10-/m1/s1. The van der Waals surface area contributed by atoms with Gasteiger partial charge in [-0.05, 0) is 5.56 Å². The minimum atomic E-state index is -3.28. The third kappa shape index (κ3) is 3.03. The highest BCUT2D eigenvalue weighted by atomic mass is 79.9. The Morgan fingerprint density at radius 1 is 1.33 bits per heavy atom. The molecule has 1 rings (SSSR count). The first kappa shape index (κ1) is 12.7. The zero-order chi connectivity index (χ0) is 11.5. The van der Waals surface area contributed by atoms with Crippen LogP contribution < -0.4 is 0 Å². The van der Waals surface area contributed by atoms with Gasteiger partial charge in [0.25, 0.3) is 0 Å². The molecule has 0 aliphatic rings. The largest absolute Gasteiger partial charge is 0.386 e. The third-order valence-corrected chi connectivity index (χ3v) is 6.09. The van der Waals surface area contributed by atoms with Crippen molar-refractivity contribution < 1.29 is 13.5 Å². The molecule has 0 amide bonds. The summed E-state index contributed by atoms with van der Waals surface area (Å²) >= 11 is 3.02. The van der Waals surface area contributed by atoms with E-state index in [-0.39, 0.29) is 5.75 Å². The van der Waals surface area contributed by atoms with E-state index in [1.165, 1.54) is 0 Å². The van der Waals surface area contributed by atoms with Gasteiger partial charge in [-0.3, -0.25) is 0 Å². The summed E-state index contributed by atoms with van der Waals surface area (Å²) in [5.74, 6) is 0.00676. The van der Waals surface area contributed by atoms with Gasteiger partial charge in [0.2, 0.25) is 0 Å². The maximum absolute atomic E-state index is 11.5. The molecule has 5 heteroatoms. The molecule has 0 saturated heterocycles. The molecule has 0 unspecified atom stereocenters. The predicted molar refractivity (Wildman–Crippen MR) is 63.6 cm³/mol. The fraction of sp³-hybridized carbons (Fsp3) is 0.400. The zero-order valence-electron chi connectivity index (χ0n) is 8.30. The normalized spacial score (nSPS) is 15.9. The molecule has 0 aliphatic carbocycles. The van der Waals surface area contributed by atoms with Crippen molar-refractivity contribution in [2.75, 3.05) is 5.75 Å². The summed E-state index contributed by atoms with van der Waals surface area (Å²) < 4.78 is 22.1. The lowest BCUT2D eigenvalue weighted by molar-refractivity contribution is 0.195. The highest BCUT2D eigenvalue weighted by molar-refractivity contribution is 9.11. The molecule has 0 aliphatic heterocycles. The lowest BCUT2D eigenvalue weighted by atomic mass is 10.1. The SMILES string of the molecule is CCS(=O)(=O)[C@@H](Br)[C@H](O)c1ccccc1. The Balaban J connectivity index is 2.92. The topological polar surface area (TPSA) is 54.4 Å². The van der Waals surface area contributed by atoms with Crippen LogP contribution in [-0.4, -0.2) is 23.4 Å². The maximum atomic E-state index is 11.5. The van der Waals surface area contributed by atoms with Crippen molar-refractivity contribution in [2.45, 2.75) is 17.2 Å². The number of hydrogen-bond donors (Lipinski definition) is 1. The fourth-order valence-corrected chi connectivity index (χ4v) is 3.12. The van der Waals surface area contributed by atoms with Crippen LogP contribution in [0.4, 0.5) is 0 Å². The van der Waals surface area contributed by atoms with Crippen LogP contribution in [0.1, 0.15) is 18.6 Å². The van der Waals surface area contributed by atoms with Crippen LogP contribution in [0.2, 0.25) is 0 Å². The number of rotatable bonds is 4. The lowest BCUT2D eigenvalue weighted by Gasteiger charge is -2.17. The minimum Gasteiger partial charge on any atom is -0.386 e. The molecular weight excluding hydrogens is 280 g/mol. The summed E-state index contributed by atoms with van der Waals surface area (Å²) in [5.41, 5.74) is 0.594. The number of alkyl halides is 1. The molecule has 0 fully saturated rings. The Bertz CT molecular complexity index is 402. The van der Waals surface area contributed by atoms with Gasteiger partial charge in [-0.25, -0.2) is 8.42 Å². The van der Waals surface area contributed by atoms with Gasteiger partial charge >= 0.3 is 0 Å². The van der Waals surface area contributed by atoms with Gasteiger partial charge in [0.1, 0.15) is 10.3 Å². The first-order valence-electron chi connectivity index (χ1n) is 4.57. The molecule has 3 nitrogen and oxygen atoms in total. The van der Waals surface area contributed by atoms with Gasteiger partial charge in [-0.2, -0.15) is 0 Å². The Hall–Kier alpha value is -0.390. The number of hydrogen-bond acceptors (Lipinski definition) is 3. The molecule has 0 saturated carbocycles. The van der Waals surface area contributed by atoms with Crippen LogP contribution in [0.25, 0.3) is 0 Å². The summed E-state index contributed by atoms with van der Waals surface area (Å²) in [7, 11) is -3.28. The Morgan fingerprint density at radius 3 is 2.33 bits per heavy atom. The average Bonchev–Trinajstić information content (AvgIpc) is 2.28. The Morgan fingerprint density at radius 2 is 1.87 bits per heavy atom. The average molecular weight is 293 g/mol. The summed E-state index contributed by atoms with van der Waals surface area (Å²) in [6.07, 6.45) is -1.03. The van der Waals surface area contributed by atoms with E-state index < -0.39 is 20.1 Å². The van der Waals surface area contributed by atoms with Crippen molar-refractivity contribution in [1.29, 1.82) is 0 Å². The van der Waals surface area contributed by atoms with E-state index >= 15 is 0 Å². The summed E-state index contributed by atoms with van der Waals surface area (Å²) in [6, 6.07) is 8.73. The molecule has 0 spiro atoms. The summed E-state index contributed by atoms with van der Waals surface area (Å²) in [4.78, 5) is 0. The van der Waals surface area contributed by atoms with E-state index in [1.54, 1.807) is 31.2 Å². The molecule has 2 atom stereocenters. The van der Waals surface area contributed by atoms with Crippen LogP contribution in [0.15, 0.2) is 30.3 Å². The first-order chi connectivity index (χ1) is 6.99. The highest BCUT2D eigenvalue weighted by Gasteiger charge is 2.29. The Kier molecular flexibility index (Phi) is 4.31. The zero-order valence-corrected chi connectivity index (χ0v) is 10.7. The molecule has 1 N–H and O–H groups in total. The molecule has 0 heterocycles. The van der Waals surface area contributed by atoms with Crippen LogP contribution in [-0.2, 0) is 9.84 Å². The molecule has 0 aromatic heterocycles. The van der Waals surface area contributed by atoms with Crippen LogP contribution in [0.5, 0.6) is 0 Å². The summed E-state index contributed by atoms with van der Waals surface area (Å²) in [5, 5.41) is 9.83. The number of sulfone groups is 1. The second kappa shape index (κ2) is 5.09. The van der Waals surface area contributed by atoms with Gasteiger partial charge in [-0.1, -0.05) is 53.2 Å². The second-order valence-corrected chi connectivity index (χ2v) is 7.16. The first-order valence-corrected chi connectivity index (χ1v) is 7.21. The third-order valence-electron chi connectivity index (χ3n) is 2.13. The quantitative estimate of drug-likeness (QED) is 0.862. The summed E-state index contributed by atoms with van der Waals surface area (Å²) in [6.45, 7) is 1.56. The number of aliphatic hydroxyl groups excluding tert-OH is 1.